The largest absolute Gasteiger partial charge is 0.508 e. The molecule has 0 saturated heterocycles. The molecule has 0 aliphatic carbocycles. The van der Waals surface area contributed by atoms with E-state index in [1.165, 1.54) is 14.0 Å². The summed E-state index contributed by atoms with van der Waals surface area (Å²) >= 11 is 2.19. The van der Waals surface area contributed by atoms with Crippen LogP contribution in [0.4, 0.5) is 0 Å². The van der Waals surface area contributed by atoms with Gasteiger partial charge in [0.2, 0.25) is 0 Å². The summed E-state index contributed by atoms with van der Waals surface area (Å²) in [5, 5.41) is 8.75. The lowest BCUT2D eigenvalue weighted by Crippen LogP contribution is -1.88. The molecule has 4 heteroatoms. The molecule has 3 nitrogen and oxygen atoms in total. The maximum Gasteiger partial charge on any atom is 0.302 e. The van der Waals surface area contributed by atoms with Gasteiger partial charge < -0.3 is 9.84 Å². The maximum absolute atomic E-state index is 9.59. The Morgan fingerprint density at radius 2 is 1.77 bits per heavy atom. The van der Waals surface area contributed by atoms with Gasteiger partial charge in [-0.2, -0.15) is 0 Å². The number of carbonyl (C=O) groups is 1. The Morgan fingerprint density at radius 1 is 1.38 bits per heavy atom. The molecule has 0 aromatic heterocycles. The molecule has 0 saturated carbocycles. The van der Waals surface area contributed by atoms with Crippen molar-refractivity contribution < 1.29 is 14.6 Å². The van der Waals surface area contributed by atoms with Gasteiger partial charge in [0, 0.05) is 10.5 Å². The minimum absolute atomic E-state index is 0.245. The fourth-order valence-electron chi connectivity index (χ4n) is 0.441. The highest BCUT2D eigenvalue weighted by Crippen LogP contribution is 2.10. The van der Waals surface area contributed by atoms with Crippen LogP contribution in [0.1, 0.15) is 6.92 Å². The molecule has 1 aromatic rings. The number of carbonyl (C=O) groups excluding carboxylic acids is 1. The number of phenolic OH excluding ortho intramolecular Hbond substituents is 1. The summed E-state index contributed by atoms with van der Waals surface area (Å²) in [6.45, 7) is 1.36. The quantitative estimate of drug-likeness (QED) is 0.589. The van der Waals surface area contributed by atoms with Crippen molar-refractivity contribution in [2.24, 2.45) is 0 Å². The molecule has 0 atom stereocenters. The third-order valence-corrected chi connectivity index (χ3v) is 1.83. The third-order valence-electron chi connectivity index (χ3n) is 1.11. The highest BCUT2D eigenvalue weighted by atomic mass is 127. The molecule has 0 unspecified atom stereocenters. The van der Waals surface area contributed by atoms with Crippen LogP contribution in [0.25, 0.3) is 0 Å². The van der Waals surface area contributed by atoms with Crippen LogP contribution in [0.15, 0.2) is 24.3 Å². The highest BCUT2D eigenvalue weighted by molar-refractivity contribution is 14.1. The summed E-state index contributed by atoms with van der Waals surface area (Å²) in [4.78, 5) is 9.59. The smallest absolute Gasteiger partial charge is 0.302 e. The van der Waals surface area contributed by atoms with E-state index in [0.29, 0.717) is 5.75 Å². The van der Waals surface area contributed by atoms with E-state index in [4.69, 9.17) is 5.11 Å². The summed E-state index contributed by atoms with van der Waals surface area (Å²) in [5.41, 5.74) is 0. The molecule has 0 bridgehead atoms. The van der Waals surface area contributed by atoms with E-state index in [1.807, 2.05) is 12.1 Å². The van der Waals surface area contributed by atoms with Crippen LogP contribution in [-0.2, 0) is 9.53 Å². The van der Waals surface area contributed by atoms with Gasteiger partial charge in [-0.05, 0) is 46.9 Å². The molecule has 0 radical (unpaired) electrons. The third kappa shape index (κ3) is 7.58. The molecule has 72 valence electrons. The Bertz CT molecular complexity index is 235. The van der Waals surface area contributed by atoms with Crippen LogP contribution >= 0.6 is 22.6 Å². The first-order chi connectivity index (χ1) is 6.06. The van der Waals surface area contributed by atoms with Gasteiger partial charge in [0.05, 0.1) is 7.11 Å². The van der Waals surface area contributed by atoms with Crippen molar-refractivity contribution in [3.8, 4) is 5.75 Å². The number of benzene rings is 1. The van der Waals surface area contributed by atoms with E-state index in [1.54, 1.807) is 12.1 Å². The molecule has 1 N–H and O–H groups in total. The molecule has 0 amide bonds. The van der Waals surface area contributed by atoms with Crippen LogP contribution in [0.5, 0.6) is 5.75 Å². The SMILES string of the molecule is COC(C)=O.Oc1ccc(I)cc1. The number of phenols is 1. The van der Waals surface area contributed by atoms with Crippen molar-refractivity contribution in [2.75, 3.05) is 7.11 Å². The Morgan fingerprint density at radius 3 is 2.00 bits per heavy atom. The average molecular weight is 294 g/mol. The average Bonchev–Trinajstić information content (AvgIpc) is 2.11. The van der Waals surface area contributed by atoms with Crippen LogP contribution in [0.2, 0.25) is 0 Å². The molecule has 0 aliphatic rings. The second kappa shape index (κ2) is 6.71. The number of aromatic hydroxyl groups is 1. The molecule has 1 aromatic carbocycles. The van der Waals surface area contributed by atoms with Crippen molar-refractivity contribution in [3.63, 3.8) is 0 Å². The molecule has 1 rings (SSSR count). The Balaban J connectivity index is 0.000000252. The fraction of sp³-hybridized carbons (Fsp3) is 0.222. The predicted molar refractivity (Wildman–Crippen MR) is 58.5 cm³/mol. The number of hydrogen-bond donors (Lipinski definition) is 1. The standard InChI is InChI=1S/C6H5IO.C3H6O2/c7-5-1-3-6(8)4-2-5;1-3(4)5-2/h1-4,8H;1-2H3. The van der Waals surface area contributed by atoms with E-state index >= 15 is 0 Å². The molecular formula is C9H11IO3. The number of methoxy groups -OCH3 is 1. The zero-order valence-electron chi connectivity index (χ0n) is 7.45. The molecule has 0 fully saturated rings. The van der Waals surface area contributed by atoms with Gasteiger partial charge in [-0.25, -0.2) is 0 Å². The van der Waals surface area contributed by atoms with Gasteiger partial charge in [-0.1, -0.05) is 0 Å². The second-order valence-electron chi connectivity index (χ2n) is 2.17. The minimum Gasteiger partial charge on any atom is -0.508 e. The van der Waals surface area contributed by atoms with Gasteiger partial charge in [0.25, 0.3) is 0 Å². The summed E-state index contributed by atoms with van der Waals surface area (Å²) in [7, 11) is 1.35. The van der Waals surface area contributed by atoms with Gasteiger partial charge >= 0.3 is 5.97 Å². The van der Waals surface area contributed by atoms with Crippen molar-refractivity contribution in [2.45, 2.75) is 6.92 Å². The highest BCUT2D eigenvalue weighted by Gasteiger charge is 1.83. The lowest BCUT2D eigenvalue weighted by Gasteiger charge is -1.87. The van der Waals surface area contributed by atoms with Crippen molar-refractivity contribution in [1.82, 2.24) is 0 Å². The monoisotopic (exact) mass is 294 g/mol. The van der Waals surface area contributed by atoms with Gasteiger partial charge in [-0.15, -0.1) is 0 Å². The van der Waals surface area contributed by atoms with E-state index in [2.05, 4.69) is 27.3 Å². The lowest BCUT2D eigenvalue weighted by molar-refractivity contribution is -0.137. The molecule has 13 heavy (non-hydrogen) atoms. The van der Waals surface area contributed by atoms with Gasteiger partial charge in [-0.3, -0.25) is 4.79 Å². The number of halogens is 1. The molecule has 0 aliphatic heterocycles. The van der Waals surface area contributed by atoms with Crippen LogP contribution in [-0.4, -0.2) is 18.2 Å². The number of ether oxygens (including phenoxy) is 1. The van der Waals surface area contributed by atoms with Crippen LogP contribution in [0.3, 0.4) is 0 Å². The summed E-state index contributed by atoms with van der Waals surface area (Å²) < 4.78 is 5.25. The molecule has 0 spiro atoms. The molecular weight excluding hydrogens is 283 g/mol. The molecule has 0 heterocycles. The zero-order valence-corrected chi connectivity index (χ0v) is 9.61. The predicted octanol–water partition coefficient (Wildman–Crippen LogP) is 2.18. The number of hydrogen-bond acceptors (Lipinski definition) is 3. The minimum atomic E-state index is -0.245. The van der Waals surface area contributed by atoms with E-state index < -0.39 is 0 Å². The van der Waals surface area contributed by atoms with Gasteiger partial charge in [0.15, 0.2) is 0 Å². The van der Waals surface area contributed by atoms with Crippen LogP contribution in [0, 0.1) is 3.57 Å². The first kappa shape index (κ1) is 12.2. The fourth-order valence-corrected chi connectivity index (χ4v) is 0.801. The van der Waals surface area contributed by atoms with Crippen molar-refractivity contribution in [1.29, 1.82) is 0 Å². The van der Waals surface area contributed by atoms with Crippen molar-refractivity contribution >= 4 is 28.6 Å². The summed E-state index contributed by atoms with van der Waals surface area (Å²) in [6, 6.07) is 7.05. The Hall–Kier alpha value is -0.780. The van der Waals surface area contributed by atoms with Crippen LogP contribution < -0.4 is 0 Å². The number of esters is 1. The van der Waals surface area contributed by atoms with E-state index in [-0.39, 0.29) is 5.97 Å². The number of rotatable bonds is 0. The first-order valence-electron chi connectivity index (χ1n) is 3.55. The lowest BCUT2D eigenvalue weighted by atomic mass is 10.3. The second-order valence-corrected chi connectivity index (χ2v) is 3.42. The Kier molecular flexibility index (Phi) is 6.30. The van der Waals surface area contributed by atoms with Crippen molar-refractivity contribution in [3.05, 3.63) is 27.8 Å². The summed E-state index contributed by atoms with van der Waals surface area (Å²) in [6.07, 6.45) is 0. The van der Waals surface area contributed by atoms with Gasteiger partial charge in [0.1, 0.15) is 5.75 Å². The van der Waals surface area contributed by atoms with E-state index in [0.717, 1.165) is 3.57 Å². The normalized spacial score (nSPS) is 8.23. The first-order valence-corrected chi connectivity index (χ1v) is 4.63. The summed E-state index contributed by atoms with van der Waals surface area (Å²) in [5.74, 6) is 0.0791. The maximum atomic E-state index is 9.59. The zero-order chi connectivity index (χ0) is 10.3. The topological polar surface area (TPSA) is 46.5 Å². The van der Waals surface area contributed by atoms with E-state index in [9.17, 15) is 4.79 Å². The Labute approximate surface area is 90.9 Å².